The number of unbranched alkanes of at least 4 members (excludes halogenated alkanes) is 49. The molecule has 0 heterocycles. The van der Waals surface area contributed by atoms with Crippen molar-refractivity contribution in [3.05, 3.63) is 36.5 Å². The molecule has 464 valence electrons. The van der Waals surface area contributed by atoms with E-state index in [-0.39, 0.29) is 31.1 Å². The third-order valence-electron chi connectivity index (χ3n) is 16.1. The van der Waals surface area contributed by atoms with E-state index in [1.807, 2.05) is 0 Å². The molecule has 1 atom stereocenters. The first-order chi connectivity index (χ1) is 39.0. The molecule has 0 fully saturated rings. The van der Waals surface area contributed by atoms with E-state index in [1.165, 1.54) is 283 Å². The minimum atomic E-state index is -0.768. The second kappa shape index (κ2) is 68.1. The third kappa shape index (κ3) is 66.3. The molecule has 6 heteroatoms. The molecule has 0 aromatic carbocycles. The average Bonchev–Trinajstić information content (AvgIpc) is 3.45. The average molecular weight is 1110 g/mol. The zero-order valence-corrected chi connectivity index (χ0v) is 53.4. The Bertz CT molecular complexity index is 1320. The fraction of sp³-hybridized carbons (Fsp3) is 0.877. The van der Waals surface area contributed by atoms with Crippen LogP contribution in [-0.2, 0) is 28.6 Å². The summed E-state index contributed by atoms with van der Waals surface area (Å²) in [5, 5.41) is 0. The van der Waals surface area contributed by atoms with Gasteiger partial charge < -0.3 is 14.2 Å². The van der Waals surface area contributed by atoms with Crippen molar-refractivity contribution in [3.8, 4) is 0 Å². The first-order valence-electron chi connectivity index (χ1n) is 35.5. The molecule has 1 unspecified atom stereocenters. The van der Waals surface area contributed by atoms with Crippen molar-refractivity contribution in [3.63, 3.8) is 0 Å². The van der Waals surface area contributed by atoms with Crippen molar-refractivity contribution in [2.24, 2.45) is 0 Å². The summed E-state index contributed by atoms with van der Waals surface area (Å²) in [4.78, 5) is 38.4. The number of hydrogen-bond acceptors (Lipinski definition) is 6. The van der Waals surface area contributed by atoms with Crippen LogP contribution in [0.15, 0.2) is 36.5 Å². The molecular formula is C73H136O6. The Morgan fingerprint density at radius 1 is 0.253 bits per heavy atom. The monoisotopic (exact) mass is 1110 g/mol. The van der Waals surface area contributed by atoms with Crippen LogP contribution in [0.1, 0.15) is 393 Å². The number of esters is 3. The number of carbonyl (C=O) groups excluding carboxylic acids is 3. The number of carbonyl (C=O) groups is 3. The summed E-state index contributed by atoms with van der Waals surface area (Å²) in [6.07, 6.45) is 84.6. The molecule has 79 heavy (non-hydrogen) atoms. The molecule has 0 saturated heterocycles. The Kier molecular flexibility index (Phi) is 66.1. The van der Waals surface area contributed by atoms with E-state index in [0.717, 1.165) is 70.6 Å². The standard InChI is InChI=1S/C73H136O6/c1-4-7-10-13-16-19-22-25-27-29-31-32-33-34-35-36-37-38-39-40-42-43-45-48-51-54-57-60-63-66-72(75)78-69-70(68-77-71(74)65-62-59-56-53-50-47-24-21-18-15-12-9-6-3)79-73(76)67-64-61-58-55-52-49-46-44-41-30-28-26-23-20-17-14-11-8-5-2/h22,25,29,31,33-34,70H,4-21,23-24,26-28,30,32,35-69H2,1-3H3/b25-22-,31-29-,34-33-. The van der Waals surface area contributed by atoms with Crippen LogP contribution < -0.4 is 0 Å². The summed E-state index contributed by atoms with van der Waals surface area (Å²) in [5.74, 6) is -0.835. The van der Waals surface area contributed by atoms with Gasteiger partial charge in [-0.05, 0) is 57.8 Å². The van der Waals surface area contributed by atoms with E-state index >= 15 is 0 Å². The van der Waals surface area contributed by atoms with Crippen LogP contribution in [0.3, 0.4) is 0 Å². The van der Waals surface area contributed by atoms with Gasteiger partial charge in [0.25, 0.3) is 0 Å². The van der Waals surface area contributed by atoms with Crippen LogP contribution in [0.25, 0.3) is 0 Å². The molecule has 0 aliphatic carbocycles. The Labute approximate surface area is 493 Å². The molecule has 0 aliphatic heterocycles. The maximum Gasteiger partial charge on any atom is 0.306 e. The molecule has 0 aromatic rings. The highest BCUT2D eigenvalue weighted by molar-refractivity contribution is 5.71. The number of ether oxygens (including phenoxy) is 3. The van der Waals surface area contributed by atoms with Crippen LogP contribution in [0.5, 0.6) is 0 Å². The van der Waals surface area contributed by atoms with Crippen molar-refractivity contribution in [1.29, 1.82) is 0 Å². The Morgan fingerprint density at radius 3 is 0.709 bits per heavy atom. The molecular weight excluding hydrogens is 973 g/mol. The van der Waals surface area contributed by atoms with Gasteiger partial charge in [0.05, 0.1) is 0 Å². The van der Waals surface area contributed by atoms with Crippen molar-refractivity contribution < 1.29 is 28.6 Å². The molecule has 0 radical (unpaired) electrons. The maximum absolute atomic E-state index is 12.9. The molecule has 0 bridgehead atoms. The molecule has 0 aliphatic rings. The Balaban J connectivity index is 4.19. The highest BCUT2D eigenvalue weighted by Crippen LogP contribution is 2.19. The predicted molar refractivity (Wildman–Crippen MR) is 344 cm³/mol. The van der Waals surface area contributed by atoms with Gasteiger partial charge in [-0.25, -0.2) is 0 Å². The zero-order chi connectivity index (χ0) is 57.1. The number of allylic oxidation sites excluding steroid dienone is 6. The summed E-state index contributed by atoms with van der Waals surface area (Å²) in [6, 6.07) is 0. The summed E-state index contributed by atoms with van der Waals surface area (Å²) in [5.41, 5.74) is 0. The molecule has 0 rings (SSSR count). The summed E-state index contributed by atoms with van der Waals surface area (Å²) in [7, 11) is 0. The van der Waals surface area contributed by atoms with E-state index in [0.29, 0.717) is 19.3 Å². The lowest BCUT2D eigenvalue weighted by molar-refractivity contribution is -0.167. The third-order valence-corrected chi connectivity index (χ3v) is 16.1. The van der Waals surface area contributed by atoms with Gasteiger partial charge in [-0.15, -0.1) is 0 Å². The van der Waals surface area contributed by atoms with Gasteiger partial charge in [0, 0.05) is 19.3 Å². The minimum Gasteiger partial charge on any atom is -0.462 e. The van der Waals surface area contributed by atoms with Crippen molar-refractivity contribution in [2.75, 3.05) is 13.2 Å². The molecule has 0 saturated carbocycles. The van der Waals surface area contributed by atoms with Crippen LogP contribution >= 0.6 is 0 Å². The zero-order valence-electron chi connectivity index (χ0n) is 53.4. The van der Waals surface area contributed by atoms with Crippen molar-refractivity contribution in [2.45, 2.75) is 399 Å². The van der Waals surface area contributed by atoms with Crippen LogP contribution in [-0.4, -0.2) is 37.2 Å². The van der Waals surface area contributed by atoms with Crippen LogP contribution in [0, 0.1) is 0 Å². The van der Waals surface area contributed by atoms with Gasteiger partial charge in [-0.3, -0.25) is 14.4 Å². The van der Waals surface area contributed by atoms with E-state index in [1.54, 1.807) is 0 Å². The van der Waals surface area contributed by atoms with Crippen LogP contribution in [0.2, 0.25) is 0 Å². The topological polar surface area (TPSA) is 78.9 Å². The molecule has 0 aromatic heterocycles. The normalized spacial score (nSPS) is 12.2. The minimum absolute atomic E-state index is 0.0652. The predicted octanol–water partition coefficient (Wildman–Crippen LogP) is 24.3. The summed E-state index contributed by atoms with van der Waals surface area (Å²) >= 11 is 0. The molecule has 0 N–H and O–H groups in total. The SMILES string of the molecule is CCCCCCC/C=C\C/C=C\C/C=C\CCCCCCCCCCCCCCCCC(=O)OCC(COC(=O)CCCCCCCCCCCCCCC)OC(=O)CCCCCCCCCCCCCCCCCCCCC. The molecule has 0 spiro atoms. The van der Waals surface area contributed by atoms with Crippen molar-refractivity contribution in [1.82, 2.24) is 0 Å². The Hall–Kier alpha value is -2.37. The van der Waals surface area contributed by atoms with Crippen LogP contribution in [0.4, 0.5) is 0 Å². The largest absolute Gasteiger partial charge is 0.462 e. The maximum atomic E-state index is 12.9. The lowest BCUT2D eigenvalue weighted by atomic mass is 10.0. The fourth-order valence-corrected chi connectivity index (χ4v) is 10.8. The van der Waals surface area contributed by atoms with Gasteiger partial charge in [-0.1, -0.05) is 353 Å². The van der Waals surface area contributed by atoms with Gasteiger partial charge in [-0.2, -0.15) is 0 Å². The van der Waals surface area contributed by atoms with E-state index in [9.17, 15) is 14.4 Å². The summed E-state index contributed by atoms with van der Waals surface area (Å²) in [6.45, 7) is 6.70. The van der Waals surface area contributed by atoms with E-state index < -0.39 is 6.10 Å². The summed E-state index contributed by atoms with van der Waals surface area (Å²) < 4.78 is 17.0. The second-order valence-corrected chi connectivity index (χ2v) is 24.2. The van der Waals surface area contributed by atoms with E-state index in [2.05, 4.69) is 57.2 Å². The van der Waals surface area contributed by atoms with E-state index in [4.69, 9.17) is 14.2 Å². The lowest BCUT2D eigenvalue weighted by Gasteiger charge is -2.18. The Morgan fingerprint density at radius 2 is 0.456 bits per heavy atom. The number of hydrogen-bond donors (Lipinski definition) is 0. The fourth-order valence-electron chi connectivity index (χ4n) is 10.8. The first kappa shape index (κ1) is 76.6. The van der Waals surface area contributed by atoms with Gasteiger partial charge >= 0.3 is 17.9 Å². The lowest BCUT2D eigenvalue weighted by Crippen LogP contribution is -2.30. The second-order valence-electron chi connectivity index (χ2n) is 24.2. The first-order valence-corrected chi connectivity index (χ1v) is 35.5. The van der Waals surface area contributed by atoms with Crippen molar-refractivity contribution >= 4 is 17.9 Å². The quantitative estimate of drug-likeness (QED) is 0.0261. The molecule has 0 amide bonds. The molecule has 6 nitrogen and oxygen atoms in total. The number of rotatable bonds is 66. The van der Waals surface area contributed by atoms with Gasteiger partial charge in [0.1, 0.15) is 13.2 Å². The smallest absolute Gasteiger partial charge is 0.306 e. The van der Waals surface area contributed by atoms with Gasteiger partial charge in [0.15, 0.2) is 6.10 Å². The highest BCUT2D eigenvalue weighted by Gasteiger charge is 2.19. The van der Waals surface area contributed by atoms with Gasteiger partial charge in [0.2, 0.25) is 0 Å². The highest BCUT2D eigenvalue weighted by atomic mass is 16.6.